The lowest BCUT2D eigenvalue weighted by Gasteiger charge is -2.30. The highest BCUT2D eigenvalue weighted by Crippen LogP contribution is 2.24. The largest absolute Gasteiger partial charge is 0.396 e. The van der Waals surface area contributed by atoms with Gasteiger partial charge in [-0.3, -0.25) is 4.79 Å². The molecule has 3 heteroatoms. The van der Waals surface area contributed by atoms with Crippen LogP contribution in [0.1, 0.15) is 48.8 Å². The van der Waals surface area contributed by atoms with Crippen molar-refractivity contribution in [2.24, 2.45) is 5.92 Å². The normalized spacial score (nSPS) is 22.0. The summed E-state index contributed by atoms with van der Waals surface area (Å²) in [6.45, 7) is 4.37. The summed E-state index contributed by atoms with van der Waals surface area (Å²) in [5.41, 5.74) is 3.76. The molecule has 0 heterocycles. The molecule has 1 saturated carbocycles. The first-order valence-corrected chi connectivity index (χ1v) is 8.06. The molecule has 3 nitrogen and oxygen atoms in total. The van der Waals surface area contributed by atoms with Crippen molar-refractivity contribution in [3.63, 3.8) is 0 Å². The monoisotopic (exact) mass is 289 g/mol. The van der Waals surface area contributed by atoms with Crippen molar-refractivity contribution < 1.29 is 9.90 Å². The second-order valence-electron chi connectivity index (χ2n) is 6.33. The first-order valence-electron chi connectivity index (χ1n) is 8.06. The van der Waals surface area contributed by atoms with E-state index in [0.717, 1.165) is 25.7 Å². The lowest BCUT2D eigenvalue weighted by molar-refractivity contribution is -0.122. The van der Waals surface area contributed by atoms with Crippen molar-refractivity contribution in [2.75, 3.05) is 6.61 Å². The summed E-state index contributed by atoms with van der Waals surface area (Å²) in [4.78, 5) is 12.1. The molecule has 116 valence electrons. The summed E-state index contributed by atoms with van der Waals surface area (Å²) in [5, 5.41) is 12.5. The lowest BCUT2D eigenvalue weighted by atomic mass is 9.85. The van der Waals surface area contributed by atoms with Gasteiger partial charge in [-0.25, -0.2) is 0 Å². The molecular formula is C18H27NO2. The van der Waals surface area contributed by atoms with E-state index in [1.807, 2.05) is 0 Å². The first kappa shape index (κ1) is 16.0. The molecule has 2 rings (SSSR count). The van der Waals surface area contributed by atoms with Crippen molar-refractivity contribution >= 4 is 5.91 Å². The summed E-state index contributed by atoms with van der Waals surface area (Å²) in [7, 11) is 0. The smallest absolute Gasteiger partial charge is 0.220 e. The minimum atomic E-state index is 0.111. The van der Waals surface area contributed by atoms with Gasteiger partial charge in [-0.1, -0.05) is 36.6 Å². The molecule has 0 aliphatic heterocycles. The van der Waals surface area contributed by atoms with Gasteiger partial charge in [0.2, 0.25) is 5.91 Å². The van der Waals surface area contributed by atoms with Crippen LogP contribution in [0.25, 0.3) is 0 Å². The van der Waals surface area contributed by atoms with Gasteiger partial charge < -0.3 is 10.4 Å². The molecule has 2 unspecified atom stereocenters. The van der Waals surface area contributed by atoms with Gasteiger partial charge in [0.25, 0.3) is 0 Å². The number of aliphatic hydroxyl groups is 1. The number of carbonyl (C=O) groups excluding carboxylic acids is 1. The highest BCUT2D eigenvalue weighted by Gasteiger charge is 2.25. The van der Waals surface area contributed by atoms with Crippen molar-refractivity contribution in [2.45, 2.75) is 58.4 Å². The molecule has 0 aromatic heterocycles. The van der Waals surface area contributed by atoms with E-state index in [1.165, 1.54) is 23.1 Å². The van der Waals surface area contributed by atoms with Crippen LogP contribution in [0, 0.1) is 19.8 Å². The third-order valence-corrected chi connectivity index (χ3v) is 4.61. The number of aryl methyl sites for hydroxylation is 3. The topological polar surface area (TPSA) is 49.3 Å². The Kier molecular flexibility index (Phi) is 5.80. The summed E-state index contributed by atoms with van der Waals surface area (Å²) in [5.74, 6) is 0.351. The van der Waals surface area contributed by atoms with E-state index in [0.29, 0.717) is 6.42 Å². The van der Waals surface area contributed by atoms with Gasteiger partial charge in [-0.05, 0) is 44.2 Å². The molecule has 1 aromatic rings. The SMILES string of the molecule is Cc1ccc(CCC(=O)NC2CCCCC2CO)c(C)c1. The fourth-order valence-electron chi connectivity index (χ4n) is 3.27. The maximum absolute atomic E-state index is 12.1. The van der Waals surface area contributed by atoms with Gasteiger partial charge in [0.1, 0.15) is 0 Å². The molecule has 0 spiro atoms. The number of nitrogens with one attached hydrogen (secondary N) is 1. The summed E-state index contributed by atoms with van der Waals surface area (Å²) >= 11 is 0. The molecule has 1 amide bonds. The number of carbonyl (C=O) groups is 1. The van der Waals surface area contributed by atoms with Gasteiger partial charge >= 0.3 is 0 Å². The van der Waals surface area contributed by atoms with Crippen molar-refractivity contribution in [3.8, 4) is 0 Å². The van der Waals surface area contributed by atoms with Crippen LogP contribution >= 0.6 is 0 Å². The molecule has 0 saturated heterocycles. The number of aliphatic hydroxyl groups excluding tert-OH is 1. The highest BCUT2D eigenvalue weighted by molar-refractivity contribution is 5.76. The van der Waals surface area contributed by atoms with Gasteiger partial charge in [0.05, 0.1) is 0 Å². The number of benzene rings is 1. The first-order chi connectivity index (χ1) is 10.1. The van der Waals surface area contributed by atoms with Crippen molar-refractivity contribution in [1.82, 2.24) is 5.32 Å². The predicted molar refractivity (Wildman–Crippen MR) is 85.2 cm³/mol. The Balaban J connectivity index is 1.84. The van der Waals surface area contributed by atoms with E-state index in [9.17, 15) is 9.90 Å². The van der Waals surface area contributed by atoms with Crippen molar-refractivity contribution in [1.29, 1.82) is 0 Å². The molecule has 1 aromatic carbocycles. The second kappa shape index (κ2) is 7.60. The number of hydrogen-bond donors (Lipinski definition) is 2. The third-order valence-electron chi connectivity index (χ3n) is 4.61. The maximum atomic E-state index is 12.1. The van der Waals surface area contributed by atoms with Crippen LogP contribution in [-0.2, 0) is 11.2 Å². The van der Waals surface area contributed by atoms with E-state index < -0.39 is 0 Å². The molecule has 2 atom stereocenters. The minimum Gasteiger partial charge on any atom is -0.396 e. The third kappa shape index (κ3) is 4.57. The standard InChI is InChI=1S/C18H27NO2/c1-13-7-8-15(14(2)11-13)9-10-18(21)19-17-6-4-3-5-16(17)12-20/h7-8,11,16-17,20H,3-6,9-10,12H2,1-2H3,(H,19,21). The van der Waals surface area contributed by atoms with Gasteiger partial charge in [-0.2, -0.15) is 0 Å². The fourth-order valence-corrected chi connectivity index (χ4v) is 3.27. The molecular weight excluding hydrogens is 262 g/mol. The van der Waals surface area contributed by atoms with Crippen LogP contribution in [0.3, 0.4) is 0 Å². The van der Waals surface area contributed by atoms with E-state index in [1.54, 1.807) is 0 Å². The lowest BCUT2D eigenvalue weighted by Crippen LogP contribution is -2.43. The summed E-state index contributed by atoms with van der Waals surface area (Å²) in [6, 6.07) is 6.55. The Bertz CT molecular complexity index is 484. The quantitative estimate of drug-likeness (QED) is 0.875. The number of rotatable bonds is 5. The molecule has 1 aliphatic rings. The second-order valence-corrected chi connectivity index (χ2v) is 6.33. The zero-order chi connectivity index (χ0) is 15.2. The Labute approximate surface area is 127 Å². The Morgan fingerprint density at radius 2 is 2.05 bits per heavy atom. The zero-order valence-corrected chi connectivity index (χ0v) is 13.2. The zero-order valence-electron chi connectivity index (χ0n) is 13.2. The molecule has 0 bridgehead atoms. The van der Waals surface area contributed by atoms with Gasteiger partial charge in [-0.15, -0.1) is 0 Å². The van der Waals surface area contributed by atoms with Crippen LogP contribution < -0.4 is 5.32 Å². The molecule has 0 radical (unpaired) electrons. The van der Waals surface area contributed by atoms with Crippen LogP contribution in [0.15, 0.2) is 18.2 Å². The molecule has 1 fully saturated rings. The fraction of sp³-hybridized carbons (Fsp3) is 0.611. The van der Waals surface area contributed by atoms with E-state index in [-0.39, 0.29) is 24.5 Å². The van der Waals surface area contributed by atoms with Crippen LogP contribution in [-0.4, -0.2) is 23.7 Å². The minimum absolute atomic E-state index is 0.111. The predicted octanol–water partition coefficient (Wildman–Crippen LogP) is 2.90. The van der Waals surface area contributed by atoms with Gasteiger partial charge in [0.15, 0.2) is 0 Å². The Morgan fingerprint density at radius 1 is 1.29 bits per heavy atom. The highest BCUT2D eigenvalue weighted by atomic mass is 16.3. The Hall–Kier alpha value is -1.35. The molecule has 21 heavy (non-hydrogen) atoms. The van der Waals surface area contributed by atoms with Crippen LogP contribution in [0.5, 0.6) is 0 Å². The van der Waals surface area contributed by atoms with Crippen LogP contribution in [0.4, 0.5) is 0 Å². The summed E-state index contributed by atoms with van der Waals surface area (Å²) < 4.78 is 0. The van der Waals surface area contributed by atoms with E-state index >= 15 is 0 Å². The number of amides is 1. The number of hydrogen-bond acceptors (Lipinski definition) is 2. The average molecular weight is 289 g/mol. The Morgan fingerprint density at radius 3 is 2.76 bits per heavy atom. The van der Waals surface area contributed by atoms with Crippen molar-refractivity contribution in [3.05, 3.63) is 34.9 Å². The van der Waals surface area contributed by atoms with Crippen LogP contribution in [0.2, 0.25) is 0 Å². The molecule has 1 aliphatic carbocycles. The summed E-state index contributed by atoms with van der Waals surface area (Å²) in [6.07, 6.45) is 5.66. The maximum Gasteiger partial charge on any atom is 0.220 e. The van der Waals surface area contributed by atoms with Gasteiger partial charge in [0, 0.05) is 25.0 Å². The van der Waals surface area contributed by atoms with E-state index in [2.05, 4.69) is 37.4 Å². The molecule has 2 N–H and O–H groups in total. The average Bonchev–Trinajstić information content (AvgIpc) is 2.47. The van der Waals surface area contributed by atoms with E-state index in [4.69, 9.17) is 0 Å².